The molecule has 1 aliphatic heterocycles. The van der Waals surface area contributed by atoms with Gasteiger partial charge in [-0.05, 0) is 5.92 Å². The van der Waals surface area contributed by atoms with E-state index in [4.69, 9.17) is 25.4 Å². The highest BCUT2D eigenvalue weighted by Gasteiger charge is 2.44. The normalized spacial score (nSPS) is 32.0. The maximum Gasteiger partial charge on any atom is 0.303 e. The molecule has 0 amide bonds. The van der Waals surface area contributed by atoms with Gasteiger partial charge in [-0.3, -0.25) is 9.59 Å². The third-order valence-electron chi connectivity index (χ3n) is 3.59. The lowest BCUT2D eigenvalue weighted by Crippen LogP contribution is -2.53. The predicted octanol–water partition coefficient (Wildman–Crippen LogP) is 1.13. The average Bonchev–Trinajstić information content (AvgIpc) is 2.41. The van der Waals surface area contributed by atoms with E-state index in [0.717, 1.165) is 0 Å². The van der Waals surface area contributed by atoms with Crippen molar-refractivity contribution in [1.82, 2.24) is 0 Å². The van der Waals surface area contributed by atoms with Crippen molar-refractivity contribution in [2.75, 3.05) is 13.2 Å². The van der Waals surface area contributed by atoms with Crippen LogP contribution in [0.1, 0.15) is 27.7 Å². The summed E-state index contributed by atoms with van der Waals surface area (Å²) in [6.45, 7) is 6.74. The first-order valence-electron chi connectivity index (χ1n) is 6.88. The van der Waals surface area contributed by atoms with Crippen LogP contribution in [0.15, 0.2) is 0 Å². The molecule has 1 saturated heterocycles. The molecule has 0 bridgehead atoms. The van der Waals surface area contributed by atoms with Gasteiger partial charge in [0.05, 0.1) is 6.10 Å². The summed E-state index contributed by atoms with van der Waals surface area (Å²) in [6.07, 6.45) is 3.54. The van der Waals surface area contributed by atoms with Crippen LogP contribution >= 0.6 is 0 Å². The summed E-state index contributed by atoms with van der Waals surface area (Å²) in [6, 6.07) is 0. The van der Waals surface area contributed by atoms with E-state index in [2.05, 4.69) is 5.92 Å². The van der Waals surface area contributed by atoms with Crippen molar-refractivity contribution in [3.8, 4) is 12.3 Å². The van der Waals surface area contributed by atoms with Crippen molar-refractivity contribution in [2.45, 2.75) is 46.2 Å². The molecule has 0 aromatic carbocycles. The van der Waals surface area contributed by atoms with Gasteiger partial charge in [-0.25, -0.2) is 0 Å². The maximum absolute atomic E-state index is 11.2. The third-order valence-corrected chi connectivity index (χ3v) is 3.59. The van der Waals surface area contributed by atoms with Crippen LogP contribution in [0.25, 0.3) is 0 Å². The average molecular weight is 298 g/mol. The van der Waals surface area contributed by atoms with Crippen LogP contribution in [0, 0.1) is 24.2 Å². The zero-order chi connectivity index (χ0) is 16.0. The Labute approximate surface area is 125 Å². The molecule has 5 atom stereocenters. The van der Waals surface area contributed by atoms with Gasteiger partial charge >= 0.3 is 11.9 Å². The number of carbonyl (C=O) groups is 2. The summed E-state index contributed by atoms with van der Waals surface area (Å²) in [5.41, 5.74) is 0. The Bertz CT molecular complexity index is 411. The van der Waals surface area contributed by atoms with Crippen LogP contribution in [0.3, 0.4) is 0 Å². The fourth-order valence-electron chi connectivity index (χ4n) is 2.27. The van der Waals surface area contributed by atoms with Crippen molar-refractivity contribution < 1.29 is 28.5 Å². The summed E-state index contributed by atoms with van der Waals surface area (Å²) in [7, 11) is 0. The summed E-state index contributed by atoms with van der Waals surface area (Å²) in [4.78, 5) is 22.2. The molecule has 1 heterocycles. The first kappa shape index (κ1) is 17.5. The minimum Gasteiger partial charge on any atom is -0.463 e. The van der Waals surface area contributed by atoms with Crippen LogP contribution in [0.4, 0.5) is 0 Å². The zero-order valence-electron chi connectivity index (χ0n) is 12.8. The first-order chi connectivity index (χ1) is 9.86. The van der Waals surface area contributed by atoms with Crippen LogP contribution in [0.2, 0.25) is 0 Å². The minimum atomic E-state index is -0.767. The summed E-state index contributed by atoms with van der Waals surface area (Å²) in [5, 5.41) is 0. The van der Waals surface area contributed by atoms with Crippen molar-refractivity contribution in [1.29, 1.82) is 0 Å². The third kappa shape index (κ3) is 5.03. The van der Waals surface area contributed by atoms with Crippen LogP contribution in [-0.2, 0) is 28.5 Å². The molecule has 118 valence electrons. The summed E-state index contributed by atoms with van der Waals surface area (Å²) in [5.74, 6) is 1.58. The van der Waals surface area contributed by atoms with E-state index < -0.39 is 18.4 Å². The van der Waals surface area contributed by atoms with Crippen molar-refractivity contribution in [3.05, 3.63) is 0 Å². The number of hydrogen-bond acceptors (Lipinski definition) is 6. The number of hydrogen-bond donors (Lipinski definition) is 0. The molecule has 6 heteroatoms. The molecule has 0 aromatic rings. The number of terminal acetylenes is 1. The summed E-state index contributed by atoms with van der Waals surface area (Å²) < 4.78 is 21.5. The number of esters is 2. The fourth-order valence-corrected chi connectivity index (χ4v) is 2.27. The Morgan fingerprint density at radius 2 is 1.86 bits per heavy atom. The lowest BCUT2D eigenvalue weighted by atomic mass is 9.83. The van der Waals surface area contributed by atoms with Gasteiger partial charge < -0.3 is 18.9 Å². The second-order valence-electron chi connectivity index (χ2n) is 5.15. The van der Waals surface area contributed by atoms with E-state index in [1.807, 2.05) is 13.8 Å². The summed E-state index contributed by atoms with van der Waals surface area (Å²) >= 11 is 0. The van der Waals surface area contributed by atoms with Crippen LogP contribution < -0.4 is 0 Å². The van der Waals surface area contributed by atoms with Crippen molar-refractivity contribution in [2.24, 2.45) is 11.8 Å². The van der Waals surface area contributed by atoms with E-state index in [0.29, 0.717) is 0 Å². The molecule has 0 radical (unpaired) electrons. The quantitative estimate of drug-likeness (QED) is 0.560. The van der Waals surface area contributed by atoms with Crippen LogP contribution in [0.5, 0.6) is 0 Å². The van der Waals surface area contributed by atoms with E-state index in [9.17, 15) is 9.59 Å². The van der Waals surface area contributed by atoms with E-state index >= 15 is 0 Å². The topological polar surface area (TPSA) is 71.1 Å². The molecule has 5 unspecified atom stereocenters. The van der Waals surface area contributed by atoms with E-state index in [-0.39, 0.29) is 37.1 Å². The van der Waals surface area contributed by atoms with Gasteiger partial charge in [-0.2, -0.15) is 0 Å². The van der Waals surface area contributed by atoms with Gasteiger partial charge in [-0.15, -0.1) is 6.42 Å². The number of ether oxygens (including phenoxy) is 4. The molecule has 0 saturated carbocycles. The lowest BCUT2D eigenvalue weighted by Gasteiger charge is -2.43. The van der Waals surface area contributed by atoms with Gasteiger partial charge in [0.15, 0.2) is 12.4 Å². The molecule has 1 rings (SSSR count). The SMILES string of the molecule is C#CCOC1OC(COC(C)=O)C(C)C(C)C1OC(C)=O. The Balaban J connectivity index is 2.80. The van der Waals surface area contributed by atoms with E-state index in [1.165, 1.54) is 13.8 Å². The highest BCUT2D eigenvalue weighted by molar-refractivity contribution is 5.66. The molecule has 0 aromatic heterocycles. The molecular formula is C15H22O6. The van der Waals surface area contributed by atoms with Crippen LogP contribution in [-0.4, -0.2) is 43.7 Å². The zero-order valence-corrected chi connectivity index (χ0v) is 12.8. The fraction of sp³-hybridized carbons (Fsp3) is 0.733. The minimum absolute atomic E-state index is 0.0222. The van der Waals surface area contributed by atoms with Crippen molar-refractivity contribution >= 4 is 11.9 Å². The van der Waals surface area contributed by atoms with Gasteiger partial charge in [0.25, 0.3) is 0 Å². The molecule has 0 N–H and O–H groups in total. The predicted molar refractivity (Wildman–Crippen MR) is 74.0 cm³/mol. The Morgan fingerprint density at radius 3 is 2.38 bits per heavy atom. The lowest BCUT2D eigenvalue weighted by molar-refractivity contribution is -0.276. The Morgan fingerprint density at radius 1 is 1.19 bits per heavy atom. The molecule has 0 spiro atoms. The second-order valence-corrected chi connectivity index (χ2v) is 5.15. The van der Waals surface area contributed by atoms with Crippen molar-refractivity contribution in [3.63, 3.8) is 0 Å². The molecular weight excluding hydrogens is 276 g/mol. The van der Waals surface area contributed by atoms with Gasteiger partial charge in [0, 0.05) is 19.8 Å². The Kier molecular flexibility index (Phi) is 6.66. The highest BCUT2D eigenvalue weighted by atomic mass is 16.7. The Hall–Kier alpha value is -1.58. The smallest absolute Gasteiger partial charge is 0.303 e. The highest BCUT2D eigenvalue weighted by Crippen LogP contribution is 2.33. The molecule has 1 fully saturated rings. The van der Waals surface area contributed by atoms with E-state index in [1.54, 1.807) is 0 Å². The second kappa shape index (κ2) is 8.01. The number of rotatable bonds is 5. The molecule has 6 nitrogen and oxygen atoms in total. The monoisotopic (exact) mass is 298 g/mol. The molecule has 1 aliphatic rings. The molecule has 21 heavy (non-hydrogen) atoms. The van der Waals surface area contributed by atoms with Gasteiger partial charge in [-0.1, -0.05) is 19.8 Å². The number of carbonyl (C=O) groups excluding carboxylic acids is 2. The molecule has 0 aliphatic carbocycles. The largest absolute Gasteiger partial charge is 0.463 e. The standard InChI is InChI=1S/C15H22O6/c1-6-7-18-15-14(20-12(5)17)10(3)9(2)13(21-15)8-19-11(4)16/h1,9-10,13-15H,7-8H2,2-5H3. The maximum atomic E-state index is 11.2. The van der Waals surface area contributed by atoms with Gasteiger partial charge in [0.2, 0.25) is 0 Å². The first-order valence-corrected chi connectivity index (χ1v) is 6.88. The van der Waals surface area contributed by atoms with Gasteiger partial charge in [0.1, 0.15) is 13.2 Å².